The van der Waals surface area contributed by atoms with E-state index in [0.717, 1.165) is 17.7 Å². The van der Waals surface area contributed by atoms with Crippen LogP contribution in [0.15, 0.2) is 78.4 Å². The third-order valence-corrected chi connectivity index (χ3v) is 11.7. The van der Waals surface area contributed by atoms with Crippen LogP contribution in [0.3, 0.4) is 0 Å². The van der Waals surface area contributed by atoms with Gasteiger partial charge in [-0.3, -0.25) is 19.5 Å². The van der Waals surface area contributed by atoms with Gasteiger partial charge in [-0.2, -0.15) is 0 Å². The molecule has 1 aliphatic heterocycles. The first-order chi connectivity index (χ1) is 20.5. The number of aliphatic hydroxyl groups is 2. The van der Waals surface area contributed by atoms with Crippen LogP contribution in [0.25, 0.3) is 0 Å². The van der Waals surface area contributed by atoms with Crippen molar-refractivity contribution in [3.05, 3.63) is 89.5 Å². The van der Waals surface area contributed by atoms with Gasteiger partial charge in [-0.05, 0) is 79.5 Å². The number of Topliss-reactive ketones (excluding diaryl/α,β-unsaturated/α-hetero) is 1. The van der Waals surface area contributed by atoms with E-state index in [1.165, 1.54) is 23.8 Å². The number of alkyl halides is 2. The molecule has 0 unspecified atom stereocenters. The summed E-state index contributed by atoms with van der Waals surface area (Å²) in [5.74, 6) is -2.70. The van der Waals surface area contributed by atoms with Crippen LogP contribution < -0.4 is 5.06 Å². The zero-order valence-electron chi connectivity index (χ0n) is 24.4. The van der Waals surface area contributed by atoms with Crippen LogP contribution in [0.1, 0.15) is 44.2 Å². The van der Waals surface area contributed by atoms with E-state index in [4.69, 9.17) is 4.84 Å². The van der Waals surface area contributed by atoms with Crippen LogP contribution in [-0.4, -0.2) is 58.5 Å². The van der Waals surface area contributed by atoms with Crippen LogP contribution in [-0.2, 0) is 20.8 Å². The second-order valence-corrected chi connectivity index (χ2v) is 13.6. The molecule has 0 bridgehead atoms. The van der Waals surface area contributed by atoms with Gasteiger partial charge in [0.1, 0.15) is 12.8 Å². The number of carbonyl (C=O) groups is 2. The van der Waals surface area contributed by atoms with Crippen molar-refractivity contribution in [3.63, 3.8) is 0 Å². The molecule has 2 aromatic carbocycles. The topological polar surface area (TPSA) is 87.1 Å². The molecule has 0 amide bonds. The van der Waals surface area contributed by atoms with Gasteiger partial charge in [-0.1, -0.05) is 55.5 Å². The number of hydroxylamine groups is 1. The number of rotatable bonds is 5. The van der Waals surface area contributed by atoms with Crippen LogP contribution in [0.5, 0.6) is 0 Å². The Balaban J connectivity index is 1.22. The van der Waals surface area contributed by atoms with Gasteiger partial charge in [0.25, 0.3) is 0 Å². The van der Waals surface area contributed by atoms with E-state index in [-0.39, 0.29) is 18.4 Å². The Hall–Kier alpha value is -3.20. The highest BCUT2D eigenvalue weighted by Crippen LogP contribution is 2.72. The molecule has 6 nitrogen and oxygen atoms in total. The Morgan fingerprint density at radius 3 is 2.44 bits per heavy atom. The lowest BCUT2D eigenvalue weighted by molar-refractivity contribution is -0.228. The van der Waals surface area contributed by atoms with Gasteiger partial charge in [0.2, 0.25) is 0 Å². The number of benzene rings is 2. The van der Waals surface area contributed by atoms with E-state index < -0.39 is 70.3 Å². The number of hydrogen-bond donors (Lipinski definition) is 2. The molecule has 0 spiro atoms. The molecule has 2 N–H and O–H groups in total. The van der Waals surface area contributed by atoms with Crippen molar-refractivity contribution < 1.29 is 33.4 Å². The fourth-order valence-corrected chi connectivity index (χ4v) is 9.63. The van der Waals surface area contributed by atoms with Crippen LogP contribution in [0.2, 0.25) is 0 Å². The van der Waals surface area contributed by atoms with Gasteiger partial charge in [0.15, 0.2) is 22.8 Å². The third-order valence-electron chi connectivity index (χ3n) is 11.7. The molecule has 0 aromatic heterocycles. The summed E-state index contributed by atoms with van der Waals surface area (Å²) in [6.07, 6.45) is 1.61. The maximum absolute atomic E-state index is 17.6. The Labute approximate surface area is 250 Å². The van der Waals surface area contributed by atoms with Gasteiger partial charge < -0.3 is 10.2 Å². The number of fused-ring (bicyclic) bond motifs is 7. The predicted octanol–water partition coefficient (Wildman–Crippen LogP) is 4.87. The van der Waals surface area contributed by atoms with Crippen molar-refractivity contribution in [1.82, 2.24) is 0 Å². The second-order valence-electron chi connectivity index (χ2n) is 13.6. The SMILES string of the molecule is C[C@]12C=CC(=O)C=C1[C@@H](F)C[C@H]1[C@@H]3C[C@H]4CN(c5ccc(Cc6ccccc6)cc5)O[C@@]4(C(=O)CO)[C@@]3(C)C[C@H](O)[C@@]12F. The number of anilines is 1. The summed E-state index contributed by atoms with van der Waals surface area (Å²) in [6, 6.07) is 18.1. The van der Waals surface area contributed by atoms with Crippen LogP contribution in [0.4, 0.5) is 14.5 Å². The molecule has 4 fully saturated rings. The first-order valence-electron chi connectivity index (χ1n) is 15.2. The van der Waals surface area contributed by atoms with Crippen molar-refractivity contribution in [2.24, 2.45) is 28.6 Å². The summed E-state index contributed by atoms with van der Waals surface area (Å²) in [5.41, 5.74) is -3.16. The third kappa shape index (κ3) is 3.72. The largest absolute Gasteiger partial charge is 0.390 e. The highest BCUT2D eigenvalue weighted by molar-refractivity contribution is 6.01. The zero-order chi connectivity index (χ0) is 30.4. The van der Waals surface area contributed by atoms with Crippen molar-refractivity contribution in [2.45, 2.75) is 63.1 Å². The number of carbonyl (C=O) groups excluding carboxylic acids is 2. The molecule has 2 aromatic rings. The summed E-state index contributed by atoms with van der Waals surface area (Å²) in [5, 5.41) is 23.5. The summed E-state index contributed by atoms with van der Waals surface area (Å²) in [4.78, 5) is 32.5. The summed E-state index contributed by atoms with van der Waals surface area (Å²) >= 11 is 0. The number of ketones is 2. The lowest BCUT2D eigenvalue weighted by atomic mass is 9.44. The van der Waals surface area contributed by atoms with Gasteiger partial charge in [0, 0.05) is 22.7 Å². The van der Waals surface area contributed by atoms with Crippen molar-refractivity contribution in [3.8, 4) is 0 Å². The smallest absolute Gasteiger partial charge is 0.193 e. The van der Waals surface area contributed by atoms with E-state index in [2.05, 4.69) is 12.1 Å². The van der Waals surface area contributed by atoms with Gasteiger partial charge in [-0.25, -0.2) is 8.78 Å². The standard InChI is InChI=1S/C35H37F2NO5/c1-32-13-12-25(40)16-28(32)29(36)17-27-26-15-23-19-38(24-10-8-22(9-11-24)14-21-6-4-3-5-7-21)43-35(23,31(42)20-39)33(26,2)18-30(41)34(27,32)37/h3-13,16,23,26-27,29-30,39,41H,14-15,17-20H2,1-2H3/t23-,26-,27-,29-,30-,32-,33-,34-,35-/m0/s1. The first kappa shape index (κ1) is 28.6. The number of hydrogen-bond acceptors (Lipinski definition) is 6. The summed E-state index contributed by atoms with van der Waals surface area (Å²) < 4.78 is 33.4. The molecule has 0 radical (unpaired) electrons. The highest BCUT2D eigenvalue weighted by atomic mass is 19.1. The van der Waals surface area contributed by atoms with E-state index in [0.29, 0.717) is 13.0 Å². The van der Waals surface area contributed by atoms with E-state index in [9.17, 15) is 19.8 Å². The number of aliphatic hydroxyl groups excluding tert-OH is 2. The van der Waals surface area contributed by atoms with E-state index >= 15 is 8.78 Å². The average Bonchev–Trinajstić information content (AvgIpc) is 3.49. The predicted molar refractivity (Wildman–Crippen MR) is 156 cm³/mol. The van der Waals surface area contributed by atoms with Gasteiger partial charge >= 0.3 is 0 Å². The molecule has 226 valence electrons. The molecule has 3 saturated carbocycles. The lowest BCUT2D eigenvalue weighted by Crippen LogP contribution is -2.70. The second kappa shape index (κ2) is 9.65. The van der Waals surface area contributed by atoms with Gasteiger partial charge in [0.05, 0.1) is 18.3 Å². The molecule has 1 heterocycles. The quantitative estimate of drug-likeness (QED) is 0.518. The Bertz CT molecular complexity index is 1530. The van der Waals surface area contributed by atoms with E-state index in [1.54, 1.807) is 12.0 Å². The molecule has 8 heteroatoms. The Kier molecular flexibility index (Phi) is 6.41. The summed E-state index contributed by atoms with van der Waals surface area (Å²) in [7, 11) is 0. The van der Waals surface area contributed by atoms with E-state index in [1.807, 2.05) is 49.4 Å². The Morgan fingerprint density at radius 2 is 1.74 bits per heavy atom. The molecule has 43 heavy (non-hydrogen) atoms. The zero-order valence-corrected chi connectivity index (χ0v) is 24.4. The van der Waals surface area contributed by atoms with Crippen molar-refractivity contribution >= 4 is 17.3 Å². The molecule has 9 atom stereocenters. The minimum absolute atomic E-state index is 0.0684. The normalized spacial score (nSPS) is 41.3. The first-order valence-corrected chi connectivity index (χ1v) is 15.2. The molecule has 7 rings (SSSR count). The monoisotopic (exact) mass is 589 g/mol. The molecule has 4 aliphatic carbocycles. The minimum Gasteiger partial charge on any atom is -0.390 e. The maximum atomic E-state index is 17.6. The van der Waals surface area contributed by atoms with Crippen LogP contribution in [0, 0.1) is 28.6 Å². The number of halogens is 2. The minimum atomic E-state index is -2.24. The van der Waals surface area contributed by atoms with Crippen LogP contribution >= 0.6 is 0 Å². The molecule has 5 aliphatic rings. The van der Waals surface area contributed by atoms with Gasteiger partial charge in [-0.15, -0.1) is 0 Å². The summed E-state index contributed by atoms with van der Waals surface area (Å²) in [6.45, 7) is 2.98. The molecular weight excluding hydrogens is 552 g/mol. The highest BCUT2D eigenvalue weighted by Gasteiger charge is 2.79. The van der Waals surface area contributed by atoms with Crippen molar-refractivity contribution in [1.29, 1.82) is 0 Å². The lowest BCUT2D eigenvalue weighted by Gasteiger charge is -2.63. The number of nitrogens with zero attached hydrogens (tertiary/aromatic N) is 1. The molecular formula is C35H37F2NO5. The molecule has 1 saturated heterocycles. The fraction of sp³-hybridized carbons (Fsp3) is 0.486. The number of allylic oxidation sites excluding steroid dienone is 4. The fourth-order valence-electron chi connectivity index (χ4n) is 9.63. The average molecular weight is 590 g/mol. The maximum Gasteiger partial charge on any atom is 0.193 e. The van der Waals surface area contributed by atoms with Crippen molar-refractivity contribution in [2.75, 3.05) is 18.2 Å². The Morgan fingerprint density at radius 1 is 1.05 bits per heavy atom.